The summed E-state index contributed by atoms with van der Waals surface area (Å²) in [6.07, 6.45) is 0. The first-order valence-electron chi connectivity index (χ1n) is 6.02. The molecule has 0 spiro atoms. The SMILES string of the molecule is CC(C)(CO)C(N)C(=O)O.CC(C)(CO)C(N)C(=O)O. The minimum Gasteiger partial charge on any atom is -0.480 e. The molecular formula is C12H26N2O6. The van der Waals surface area contributed by atoms with E-state index in [0.29, 0.717) is 0 Å². The Balaban J connectivity index is 0. The maximum absolute atomic E-state index is 10.3. The van der Waals surface area contributed by atoms with E-state index in [0.717, 1.165) is 0 Å². The van der Waals surface area contributed by atoms with Gasteiger partial charge in [0.15, 0.2) is 0 Å². The van der Waals surface area contributed by atoms with Gasteiger partial charge >= 0.3 is 11.9 Å². The predicted molar refractivity (Wildman–Crippen MR) is 73.0 cm³/mol. The van der Waals surface area contributed by atoms with Gasteiger partial charge in [-0.2, -0.15) is 0 Å². The number of aliphatic hydroxyl groups excluding tert-OH is 2. The van der Waals surface area contributed by atoms with E-state index in [2.05, 4.69) is 0 Å². The summed E-state index contributed by atoms with van der Waals surface area (Å²) >= 11 is 0. The van der Waals surface area contributed by atoms with Crippen LogP contribution in [0.1, 0.15) is 27.7 Å². The van der Waals surface area contributed by atoms with Crippen molar-refractivity contribution in [3.63, 3.8) is 0 Å². The van der Waals surface area contributed by atoms with Gasteiger partial charge in [0.2, 0.25) is 0 Å². The lowest BCUT2D eigenvalue weighted by molar-refractivity contribution is -0.143. The van der Waals surface area contributed by atoms with Crippen LogP contribution in [0.2, 0.25) is 0 Å². The average molecular weight is 294 g/mol. The van der Waals surface area contributed by atoms with Crippen LogP contribution in [-0.4, -0.2) is 57.7 Å². The van der Waals surface area contributed by atoms with Gasteiger partial charge in [-0.1, -0.05) is 27.7 Å². The van der Waals surface area contributed by atoms with Crippen molar-refractivity contribution < 1.29 is 30.0 Å². The van der Waals surface area contributed by atoms with Gasteiger partial charge < -0.3 is 31.9 Å². The summed E-state index contributed by atoms with van der Waals surface area (Å²) in [7, 11) is 0. The van der Waals surface area contributed by atoms with Crippen molar-refractivity contribution in [2.24, 2.45) is 22.3 Å². The summed E-state index contributed by atoms with van der Waals surface area (Å²) in [5.41, 5.74) is 9.00. The Morgan fingerprint density at radius 2 is 1.05 bits per heavy atom. The summed E-state index contributed by atoms with van der Waals surface area (Å²) in [4.78, 5) is 20.5. The minimum absolute atomic E-state index is 0.222. The fourth-order valence-corrected chi connectivity index (χ4v) is 0.865. The van der Waals surface area contributed by atoms with Crippen LogP contribution in [-0.2, 0) is 9.59 Å². The van der Waals surface area contributed by atoms with Crippen molar-refractivity contribution in [2.45, 2.75) is 39.8 Å². The van der Waals surface area contributed by atoms with Crippen molar-refractivity contribution in [1.29, 1.82) is 0 Å². The molecule has 120 valence electrons. The van der Waals surface area contributed by atoms with Crippen molar-refractivity contribution in [3.05, 3.63) is 0 Å². The summed E-state index contributed by atoms with van der Waals surface area (Å²) in [6.45, 7) is 5.97. The zero-order chi connectivity index (χ0) is 16.7. The van der Waals surface area contributed by atoms with E-state index in [9.17, 15) is 9.59 Å². The van der Waals surface area contributed by atoms with Crippen LogP contribution in [0.25, 0.3) is 0 Å². The van der Waals surface area contributed by atoms with Gasteiger partial charge in [0, 0.05) is 10.8 Å². The van der Waals surface area contributed by atoms with E-state index in [4.69, 9.17) is 31.9 Å². The maximum Gasteiger partial charge on any atom is 0.321 e. The lowest BCUT2D eigenvalue weighted by Crippen LogP contribution is -2.45. The van der Waals surface area contributed by atoms with Gasteiger partial charge in [-0.05, 0) is 0 Å². The first kappa shape index (κ1) is 21.1. The second-order valence-corrected chi connectivity index (χ2v) is 5.93. The number of rotatable bonds is 6. The topological polar surface area (TPSA) is 167 Å². The summed E-state index contributed by atoms with van der Waals surface area (Å²) in [6, 6.07) is -2.00. The molecule has 2 unspecified atom stereocenters. The molecule has 0 rings (SSSR count). The molecule has 0 amide bonds. The van der Waals surface area contributed by atoms with E-state index < -0.39 is 34.9 Å². The Morgan fingerprint density at radius 3 is 1.10 bits per heavy atom. The fourth-order valence-electron chi connectivity index (χ4n) is 0.865. The lowest BCUT2D eigenvalue weighted by Gasteiger charge is -2.25. The largest absolute Gasteiger partial charge is 0.480 e. The van der Waals surface area contributed by atoms with Crippen LogP contribution in [0.15, 0.2) is 0 Å². The minimum atomic E-state index is -1.08. The molecule has 0 bridgehead atoms. The molecule has 8 N–H and O–H groups in total. The highest BCUT2D eigenvalue weighted by atomic mass is 16.4. The first-order chi connectivity index (χ1) is 8.83. The molecule has 0 aliphatic heterocycles. The molecule has 0 aliphatic rings. The van der Waals surface area contributed by atoms with Crippen molar-refractivity contribution in [1.82, 2.24) is 0 Å². The summed E-state index contributed by atoms with van der Waals surface area (Å²) < 4.78 is 0. The average Bonchev–Trinajstić information content (AvgIpc) is 2.37. The number of hydrogen-bond donors (Lipinski definition) is 6. The third kappa shape index (κ3) is 6.80. The van der Waals surface area contributed by atoms with Crippen LogP contribution in [0.5, 0.6) is 0 Å². The Labute approximate surface area is 118 Å². The number of hydrogen-bond acceptors (Lipinski definition) is 6. The second-order valence-electron chi connectivity index (χ2n) is 5.93. The van der Waals surface area contributed by atoms with Gasteiger partial charge in [0.25, 0.3) is 0 Å². The Hall–Kier alpha value is -1.22. The highest BCUT2D eigenvalue weighted by Gasteiger charge is 2.31. The van der Waals surface area contributed by atoms with E-state index in [1.54, 1.807) is 27.7 Å². The molecule has 2 atom stereocenters. The fraction of sp³-hybridized carbons (Fsp3) is 0.833. The number of carboxylic acid groups (broad SMARTS) is 2. The Bertz CT molecular complexity index is 298. The molecule has 20 heavy (non-hydrogen) atoms. The van der Waals surface area contributed by atoms with E-state index >= 15 is 0 Å². The van der Waals surface area contributed by atoms with Crippen molar-refractivity contribution in [3.8, 4) is 0 Å². The molecule has 0 fully saturated rings. The van der Waals surface area contributed by atoms with Gasteiger partial charge in [-0.25, -0.2) is 0 Å². The van der Waals surface area contributed by atoms with E-state index in [-0.39, 0.29) is 13.2 Å². The standard InChI is InChI=1S/2C6H13NO3/c2*1-6(2,3-8)4(7)5(9)10/h2*4,8H,3,7H2,1-2H3,(H,9,10). The highest BCUT2D eigenvalue weighted by molar-refractivity contribution is 5.74. The smallest absolute Gasteiger partial charge is 0.321 e. The lowest BCUT2D eigenvalue weighted by atomic mass is 9.86. The molecular weight excluding hydrogens is 268 g/mol. The number of aliphatic hydroxyl groups is 2. The number of carbonyl (C=O) groups is 2. The summed E-state index contributed by atoms with van der Waals surface area (Å²) in [5, 5.41) is 34.2. The molecule has 0 radical (unpaired) electrons. The first-order valence-corrected chi connectivity index (χ1v) is 6.02. The van der Waals surface area contributed by atoms with Gasteiger partial charge in [0.05, 0.1) is 13.2 Å². The number of carboxylic acids is 2. The van der Waals surface area contributed by atoms with Crippen LogP contribution in [0, 0.1) is 10.8 Å². The molecule has 0 aromatic carbocycles. The monoisotopic (exact) mass is 294 g/mol. The van der Waals surface area contributed by atoms with Gasteiger partial charge in [-0.15, -0.1) is 0 Å². The van der Waals surface area contributed by atoms with Gasteiger partial charge in [0.1, 0.15) is 12.1 Å². The predicted octanol–water partition coefficient (Wildman–Crippen LogP) is -1.17. The molecule has 8 heteroatoms. The number of aliphatic carboxylic acids is 2. The normalized spacial score (nSPS) is 14.8. The quantitative estimate of drug-likeness (QED) is 0.356. The zero-order valence-electron chi connectivity index (χ0n) is 12.3. The third-order valence-corrected chi connectivity index (χ3v) is 3.03. The Kier molecular flexibility index (Phi) is 8.60. The Morgan fingerprint density at radius 1 is 0.850 bits per heavy atom. The van der Waals surface area contributed by atoms with E-state index in [1.165, 1.54) is 0 Å². The molecule has 8 nitrogen and oxygen atoms in total. The van der Waals surface area contributed by atoms with Crippen molar-refractivity contribution in [2.75, 3.05) is 13.2 Å². The summed E-state index contributed by atoms with van der Waals surface area (Å²) in [5.74, 6) is -2.17. The third-order valence-electron chi connectivity index (χ3n) is 3.03. The molecule has 0 saturated heterocycles. The molecule has 0 aromatic heterocycles. The molecule has 0 saturated carbocycles. The van der Waals surface area contributed by atoms with Crippen LogP contribution < -0.4 is 11.5 Å². The molecule has 0 aromatic rings. The molecule has 0 heterocycles. The number of nitrogens with two attached hydrogens (primary N) is 2. The highest BCUT2D eigenvalue weighted by Crippen LogP contribution is 2.18. The van der Waals surface area contributed by atoms with Crippen LogP contribution in [0.4, 0.5) is 0 Å². The van der Waals surface area contributed by atoms with Gasteiger partial charge in [-0.3, -0.25) is 9.59 Å². The van der Waals surface area contributed by atoms with Crippen molar-refractivity contribution >= 4 is 11.9 Å². The van der Waals surface area contributed by atoms with E-state index in [1.807, 2.05) is 0 Å². The maximum atomic E-state index is 10.3. The molecule has 0 aliphatic carbocycles. The van der Waals surface area contributed by atoms with Crippen LogP contribution >= 0.6 is 0 Å². The zero-order valence-corrected chi connectivity index (χ0v) is 12.3. The van der Waals surface area contributed by atoms with Crippen LogP contribution in [0.3, 0.4) is 0 Å². The second kappa shape index (κ2) is 8.15.